The van der Waals surface area contributed by atoms with E-state index in [4.69, 9.17) is 9.47 Å². The molecule has 0 spiro atoms. The maximum Gasteiger partial charge on any atom is 0.407 e. The number of esters is 1. The summed E-state index contributed by atoms with van der Waals surface area (Å²) >= 11 is 1.08. The van der Waals surface area contributed by atoms with Crippen molar-refractivity contribution in [3.63, 3.8) is 0 Å². The van der Waals surface area contributed by atoms with Crippen molar-refractivity contribution in [1.82, 2.24) is 19.9 Å². The summed E-state index contributed by atoms with van der Waals surface area (Å²) in [6.45, 7) is 7.52. The average molecular weight is 667 g/mol. The normalized spacial score (nSPS) is 13.6. The maximum atomic E-state index is 13.4. The van der Waals surface area contributed by atoms with Crippen molar-refractivity contribution in [3.8, 4) is 11.1 Å². The lowest BCUT2D eigenvalue weighted by Crippen LogP contribution is -2.50. The highest BCUT2D eigenvalue weighted by atomic mass is 32.2. The number of carbonyl (C=O) groups excluding carboxylic acids is 3. The molecule has 5 rings (SSSR count). The first-order valence-electron chi connectivity index (χ1n) is 16.0. The molecule has 0 heterocycles. The van der Waals surface area contributed by atoms with Crippen LogP contribution in [0.15, 0.2) is 109 Å². The molecule has 3 N–H and O–H groups in total. The number of hydrazine groups is 1. The van der Waals surface area contributed by atoms with Crippen LogP contribution in [0.2, 0.25) is 0 Å². The molecule has 2 atom stereocenters. The van der Waals surface area contributed by atoms with E-state index in [0.29, 0.717) is 13.0 Å². The van der Waals surface area contributed by atoms with E-state index in [2.05, 4.69) is 39.7 Å². The van der Waals surface area contributed by atoms with Gasteiger partial charge in [0.2, 0.25) is 0 Å². The zero-order valence-corrected chi connectivity index (χ0v) is 28.5. The van der Waals surface area contributed by atoms with E-state index in [1.165, 1.54) is 0 Å². The quantitative estimate of drug-likeness (QED) is 0.0838. The predicted octanol–water partition coefficient (Wildman–Crippen LogP) is 6.55. The molecular formula is C38H42N4O5S. The molecule has 250 valence electrons. The SMILES string of the molecule is C[C@H](NC(=O)OCC1c2ccccc2-c2ccccc21)C(=O)NN(Cc1ccccc1)SN[C@H](Cc1ccccc1)C(=O)OC(C)(C)C. The molecule has 0 aromatic heterocycles. The summed E-state index contributed by atoms with van der Waals surface area (Å²) in [6, 6.07) is 33.9. The second kappa shape index (κ2) is 16.0. The summed E-state index contributed by atoms with van der Waals surface area (Å²) in [4.78, 5) is 39.5. The summed E-state index contributed by atoms with van der Waals surface area (Å²) in [6.07, 6.45) is -0.303. The Bertz CT molecular complexity index is 1650. The lowest BCUT2D eigenvalue weighted by molar-refractivity contribution is -0.156. The second-order valence-electron chi connectivity index (χ2n) is 12.7. The van der Waals surface area contributed by atoms with Crippen LogP contribution in [0.4, 0.5) is 4.79 Å². The van der Waals surface area contributed by atoms with Gasteiger partial charge in [-0.1, -0.05) is 109 Å². The van der Waals surface area contributed by atoms with E-state index in [9.17, 15) is 14.4 Å². The summed E-state index contributed by atoms with van der Waals surface area (Å²) in [7, 11) is 0. The Morgan fingerprint density at radius 1 is 0.792 bits per heavy atom. The Balaban J connectivity index is 1.21. The van der Waals surface area contributed by atoms with Gasteiger partial charge in [-0.2, -0.15) is 0 Å². The summed E-state index contributed by atoms with van der Waals surface area (Å²) in [5.74, 6) is -0.953. The van der Waals surface area contributed by atoms with Gasteiger partial charge >= 0.3 is 12.1 Å². The van der Waals surface area contributed by atoms with Gasteiger partial charge in [0.1, 0.15) is 24.3 Å². The zero-order valence-electron chi connectivity index (χ0n) is 27.6. The van der Waals surface area contributed by atoms with Crippen LogP contribution in [0.3, 0.4) is 0 Å². The van der Waals surface area contributed by atoms with Crippen molar-refractivity contribution in [1.29, 1.82) is 0 Å². The number of rotatable bonds is 13. The fourth-order valence-electron chi connectivity index (χ4n) is 5.47. The van der Waals surface area contributed by atoms with E-state index in [1.807, 2.05) is 106 Å². The van der Waals surface area contributed by atoms with Crippen LogP contribution in [0.25, 0.3) is 11.1 Å². The monoisotopic (exact) mass is 666 g/mol. The number of hydrogen-bond acceptors (Lipinski definition) is 8. The van der Waals surface area contributed by atoms with E-state index in [0.717, 1.165) is 45.5 Å². The van der Waals surface area contributed by atoms with E-state index >= 15 is 0 Å². The van der Waals surface area contributed by atoms with Crippen molar-refractivity contribution in [3.05, 3.63) is 131 Å². The molecule has 1 aliphatic rings. The van der Waals surface area contributed by atoms with Gasteiger partial charge in [0.15, 0.2) is 0 Å². The Morgan fingerprint density at radius 2 is 1.33 bits per heavy atom. The Kier molecular flexibility index (Phi) is 11.5. The Morgan fingerprint density at radius 3 is 1.92 bits per heavy atom. The Hall–Kier alpha value is -4.64. The van der Waals surface area contributed by atoms with Gasteiger partial charge < -0.3 is 14.8 Å². The molecule has 4 aromatic carbocycles. The lowest BCUT2D eigenvalue weighted by atomic mass is 9.98. The fourth-order valence-corrected chi connectivity index (χ4v) is 6.25. The van der Waals surface area contributed by atoms with Crippen molar-refractivity contribution in [2.75, 3.05) is 6.61 Å². The molecule has 1 aliphatic carbocycles. The lowest BCUT2D eigenvalue weighted by Gasteiger charge is -2.28. The Labute approximate surface area is 286 Å². The van der Waals surface area contributed by atoms with Crippen LogP contribution >= 0.6 is 12.1 Å². The number of fused-ring (bicyclic) bond motifs is 3. The molecule has 0 unspecified atom stereocenters. The molecule has 0 fully saturated rings. The van der Waals surface area contributed by atoms with Gasteiger partial charge in [-0.05, 0) is 67.5 Å². The number of alkyl carbamates (subject to hydrolysis) is 1. The number of benzene rings is 4. The second-order valence-corrected chi connectivity index (χ2v) is 13.5. The van der Waals surface area contributed by atoms with Gasteiger partial charge in [-0.3, -0.25) is 15.0 Å². The molecule has 0 aliphatic heterocycles. The number of amides is 2. The number of nitrogens with one attached hydrogen (secondary N) is 3. The van der Waals surface area contributed by atoms with Gasteiger partial charge in [-0.25, -0.2) is 9.52 Å². The first-order chi connectivity index (χ1) is 23.1. The minimum Gasteiger partial charge on any atom is -0.459 e. The van der Waals surface area contributed by atoms with Gasteiger partial charge in [-0.15, -0.1) is 4.41 Å². The van der Waals surface area contributed by atoms with E-state index in [-0.39, 0.29) is 12.5 Å². The minimum atomic E-state index is -0.912. The topological polar surface area (TPSA) is 109 Å². The molecule has 0 bridgehead atoms. The summed E-state index contributed by atoms with van der Waals surface area (Å²) < 4.78 is 16.2. The molecule has 48 heavy (non-hydrogen) atoms. The number of ether oxygens (including phenoxy) is 2. The molecule has 9 nitrogen and oxygen atoms in total. The molecule has 2 amide bonds. The number of hydrogen-bond donors (Lipinski definition) is 3. The highest BCUT2D eigenvalue weighted by molar-refractivity contribution is 7.95. The number of carbonyl (C=O) groups is 3. The largest absolute Gasteiger partial charge is 0.459 e. The summed E-state index contributed by atoms with van der Waals surface area (Å²) in [5, 5.41) is 2.66. The third kappa shape index (κ3) is 9.47. The molecule has 0 saturated carbocycles. The van der Waals surface area contributed by atoms with Crippen LogP contribution in [0, 0.1) is 0 Å². The number of nitrogens with zero attached hydrogens (tertiary/aromatic N) is 1. The molecule has 4 aromatic rings. The first kappa shape index (κ1) is 34.7. The average Bonchev–Trinajstić information content (AvgIpc) is 3.39. The maximum absolute atomic E-state index is 13.4. The fraction of sp³-hybridized carbons (Fsp3) is 0.289. The predicted molar refractivity (Wildman–Crippen MR) is 188 cm³/mol. The molecule has 0 saturated heterocycles. The van der Waals surface area contributed by atoms with Crippen LogP contribution in [0.1, 0.15) is 55.9 Å². The van der Waals surface area contributed by atoms with Crippen LogP contribution in [-0.4, -0.2) is 46.7 Å². The summed E-state index contributed by atoms with van der Waals surface area (Å²) in [5.41, 5.74) is 8.58. The van der Waals surface area contributed by atoms with Crippen LogP contribution < -0.4 is 15.5 Å². The van der Waals surface area contributed by atoms with Crippen LogP contribution in [-0.2, 0) is 32.0 Å². The van der Waals surface area contributed by atoms with Crippen LogP contribution in [0.5, 0.6) is 0 Å². The van der Waals surface area contributed by atoms with E-state index in [1.54, 1.807) is 11.3 Å². The van der Waals surface area contributed by atoms with Crippen molar-refractivity contribution in [2.24, 2.45) is 0 Å². The zero-order chi connectivity index (χ0) is 34.1. The van der Waals surface area contributed by atoms with Gasteiger partial charge in [0, 0.05) is 18.1 Å². The highest BCUT2D eigenvalue weighted by Gasteiger charge is 2.30. The molecule has 0 radical (unpaired) electrons. The van der Waals surface area contributed by atoms with Gasteiger partial charge in [0.05, 0.1) is 6.54 Å². The third-order valence-corrected chi connectivity index (χ3v) is 8.59. The van der Waals surface area contributed by atoms with Crippen molar-refractivity contribution < 1.29 is 23.9 Å². The molecular weight excluding hydrogens is 625 g/mol. The van der Waals surface area contributed by atoms with Crippen molar-refractivity contribution in [2.45, 2.75) is 64.3 Å². The first-order valence-corrected chi connectivity index (χ1v) is 16.8. The molecule has 10 heteroatoms. The third-order valence-electron chi connectivity index (χ3n) is 7.75. The highest BCUT2D eigenvalue weighted by Crippen LogP contribution is 2.44. The minimum absolute atomic E-state index is 0.0927. The standard InChI is InChI=1S/C38H42N4O5S/c1-26(39-37(45)46-25-33-31-21-13-11-19-29(31)30-20-12-14-22-32(30)33)35(43)40-42(24-28-17-9-6-10-18-28)48-41-34(36(44)47-38(2,3)4)23-27-15-7-5-8-16-27/h5-22,26,33-34,41H,23-25H2,1-4H3,(H,39,45)(H,40,43)/t26-,34+/m0/s1. The van der Waals surface area contributed by atoms with Crippen molar-refractivity contribution >= 4 is 30.1 Å². The van der Waals surface area contributed by atoms with Gasteiger partial charge in [0.25, 0.3) is 5.91 Å². The smallest absolute Gasteiger partial charge is 0.407 e. The van der Waals surface area contributed by atoms with E-state index < -0.39 is 35.7 Å².